The van der Waals surface area contributed by atoms with Crippen LogP contribution in [0.25, 0.3) is 21.9 Å². The van der Waals surface area contributed by atoms with Crippen molar-refractivity contribution in [2.45, 2.75) is 129 Å². The Kier molecular flexibility index (Phi) is 8.81. The van der Waals surface area contributed by atoms with Crippen LogP contribution in [0.3, 0.4) is 0 Å². The van der Waals surface area contributed by atoms with Crippen molar-refractivity contribution in [1.29, 1.82) is 0 Å². The van der Waals surface area contributed by atoms with Gasteiger partial charge in [-0.3, -0.25) is 0 Å². The van der Waals surface area contributed by atoms with E-state index in [1.54, 1.807) is 0 Å². The fraction of sp³-hybridized carbons (Fsp3) is 0.333. The molecule has 0 saturated carbocycles. The fourth-order valence-electron chi connectivity index (χ4n) is 10.9. The highest BCUT2D eigenvalue weighted by molar-refractivity contribution is 6.11. The second-order valence-corrected chi connectivity index (χ2v) is 22.4. The zero-order valence-corrected chi connectivity index (χ0v) is 38.7. The molecule has 304 valence electrons. The van der Waals surface area contributed by atoms with Crippen molar-refractivity contribution in [3.05, 3.63) is 211 Å². The van der Waals surface area contributed by atoms with Crippen LogP contribution in [0.2, 0.25) is 0 Å². The molecule has 0 fully saturated rings. The van der Waals surface area contributed by atoms with E-state index in [4.69, 9.17) is 0 Å². The molecule has 60 heavy (non-hydrogen) atoms. The lowest BCUT2D eigenvalue weighted by Gasteiger charge is -2.43. The molecule has 0 heteroatoms. The SMILES string of the molecule is Cc1cc2c3c(c1)C(c1ccc(C(C)(C)C)cc1)(c1ccc(C(C)(C)C)cc1)c1cccc4c(C)cc(c-3c14)C2(c1ccc(C(C)(C)C)cc1)c1ccc(C(C)(C)C)cc1. The molecular formula is C60H64. The molecule has 9 rings (SSSR count). The van der Waals surface area contributed by atoms with Crippen molar-refractivity contribution in [2.75, 3.05) is 0 Å². The first-order valence-electron chi connectivity index (χ1n) is 22.3. The van der Waals surface area contributed by atoms with E-state index >= 15 is 0 Å². The van der Waals surface area contributed by atoms with Gasteiger partial charge in [0.15, 0.2) is 0 Å². The van der Waals surface area contributed by atoms with Gasteiger partial charge in [-0.15, -0.1) is 0 Å². The van der Waals surface area contributed by atoms with E-state index in [2.05, 4.69) is 230 Å². The molecule has 0 nitrogen and oxygen atoms in total. The topological polar surface area (TPSA) is 0 Å². The van der Waals surface area contributed by atoms with Crippen LogP contribution < -0.4 is 0 Å². The molecular weight excluding hydrogens is 721 g/mol. The third-order valence-electron chi connectivity index (χ3n) is 14.3. The summed E-state index contributed by atoms with van der Waals surface area (Å²) >= 11 is 0. The Bertz CT molecular complexity index is 2680. The highest BCUT2D eigenvalue weighted by Gasteiger charge is 2.54. The summed E-state index contributed by atoms with van der Waals surface area (Å²) in [4.78, 5) is 0. The molecule has 0 unspecified atom stereocenters. The van der Waals surface area contributed by atoms with Gasteiger partial charge < -0.3 is 0 Å². The van der Waals surface area contributed by atoms with E-state index in [1.165, 1.54) is 99.8 Å². The Morgan fingerprint density at radius 1 is 0.333 bits per heavy atom. The molecule has 2 aliphatic rings. The molecule has 0 N–H and O–H groups in total. The lowest BCUT2D eigenvalue weighted by molar-refractivity contribution is 0.588. The predicted molar refractivity (Wildman–Crippen MR) is 257 cm³/mol. The summed E-state index contributed by atoms with van der Waals surface area (Å²) < 4.78 is 0. The molecule has 0 radical (unpaired) electrons. The van der Waals surface area contributed by atoms with Crippen LogP contribution >= 0.6 is 0 Å². The van der Waals surface area contributed by atoms with Gasteiger partial charge in [0, 0.05) is 0 Å². The van der Waals surface area contributed by atoms with Crippen LogP contribution in [0, 0.1) is 13.8 Å². The Morgan fingerprint density at radius 3 is 0.983 bits per heavy atom. The summed E-state index contributed by atoms with van der Waals surface area (Å²) in [6.07, 6.45) is 0. The second kappa shape index (κ2) is 13.1. The van der Waals surface area contributed by atoms with Crippen molar-refractivity contribution in [3.8, 4) is 11.1 Å². The third kappa shape index (κ3) is 5.76. The van der Waals surface area contributed by atoms with E-state index in [-0.39, 0.29) is 21.7 Å². The predicted octanol–water partition coefficient (Wildman–Crippen LogP) is 15.7. The van der Waals surface area contributed by atoms with Gasteiger partial charge in [0.2, 0.25) is 0 Å². The maximum atomic E-state index is 2.55. The minimum Gasteiger partial charge on any atom is -0.0613 e. The zero-order chi connectivity index (χ0) is 42.9. The molecule has 0 bridgehead atoms. The lowest BCUT2D eigenvalue weighted by atomic mass is 9.59. The molecule has 0 aromatic heterocycles. The first-order valence-corrected chi connectivity index (χ1v) is 22.3. The van der Waals surface area contributed by atoms with Gasteiger partial charge in [-0.1, -0.05) is 222 Å². The normalized spacial score (nSPS) is 15.4. The van der Waals surface area contributed by atoms with Gasteiger partial charge in [-0.25, -0.2) is 0 Å². The average molecular weight is 785 g/mol. The van der Waals surface area contributed by atoms with E-state index < -0.39 is 10.8 Å². The highest BCUT2D eigenvalue weighted by Crippen LogP contribution is 2.66. The van der Waals surface area contributed by atoms with E-state index in [9.17, 15) is 0 Å². The summed E-state index contributed by atoms with van der Waals surface area (Å²) in [5.41, 5.74) is 20.7. The number of aryl methyl sites for hydroxylation is 2. The third-order valence-corrected chi connectivity index (χ3v) is 14.3. The van der Waals surface area contributed by atoms with Crippen LogP contribution in [-0.4, -0.2) is 0 Å². The molecule has 2 aliphatic carbocycles. The van der Waals surface area contributed by atoms with E-state index in [0.29, 0.717) is 0 Å². The van der Waals surface area contributed by atoms with Crippen molar-refractivity contribution in [2.24, 2.45) is 0 Å². The largest absolute Gasteiger partial charge is 0.0714 e. The molecule has 7 aromatic carbocycles. The van der Waals surface area contributed by atoms with Gasteiger partial charge in [0.05, 0.1) is 10.8 Å². The van der Waals surface area contributed by atoms with Gasteiger partial charge in [0.25, 0.3) is 0 Å². The molecule has 7 aromatic rings. The smallest absolute Gasteiger partial charge is 0.0613 e. The number of rotatable bonds is 4. The average Bonchev–Trinajstić information content (AvgIpc) is 3.47. The van der Waals surface area contributed by atoms with Crippen LogP contribution in [0.1, 0.15) is 161 Å². The fourth-order valence-corrected chi connectivity index (χ4v) is 10.9. The maximum Gasteiger partial charge on any atom is 0.0714 e. The lowest BCUT2D eigenvalue weighted by Crippen LogP contribution is -2.34. The van der Waals surface area contributed by atoms with E-state index in [1.807, 2.05) is 0 Å². The number of hydrogen-bond acceptors (Lipinski definition) is 0. The molecule has 0 spiro atoms. The summed E-state index contributed by atoms with van der Waals surface area (Å²) in [6, 6.07) is 53.6. The Labute approximate surface area is 361 Å². The summed E-state index contributed by atoms with van der Waals surface area (Å²) in [5, 5.41) is 2.73. The van der Waals surface area contributed by atoms with Gasteiger partial charge in [-0.2, -0.15) is 0 Å². The molecule has 0 aliphatic heterocycles. The van der Waals surface area contributed by atoms with Crippen molar-refractivity contribution in [3.63, 3.8) is 0 Å². The molecule has 0 amide bonds. The summed E-state index contributed by atoms with van der Waals surface area (Å²) in [5.74, 6) is 0. The van der Waals surface area contributed by atoms with Gasteiger partial charge in [0.1, 0.15) is 0 Å². The summed E-state index contributed by atoms with van der Waals surface area (Å²) in [6.45, 7) is 32.5. The quantitative estimate of drug-likeness (QED) is 0.167. The van der Waals surface area contributed by atoms with Crippen molar-refractivity contribution >= 4 is 10.8 Å². The minimum atomic E-state index is -0.567. The van der Waals surface area contributed by atoms with Crippen LogP contribution in [0.4, 0.5) is 0 Å². The summed E-state index contributed by atoms with van der Waals surface area (Å²) in [7, 11) is 0. The second-order valence-electron chi connectivity index (χ2n) is 22.4. The monoisotopic (exact) mass is 785 g/mol. The van der Waals surface area contributed by atoms with Crippen molar-refractivity contribution < 1.29 is 0 Å². The van der Waals surface area contributed by atoms with Crippen LogP contribution in [0.5, 0.6) is 0 Å². The minimum absolute atomic E-state index is 0.0422. The molecule has 0 saturated heterocycles. The molecule has 0 atom stereocenters. The maximum absolute atomic E-state index is 2.55. The Hall–Kier alpha value is -5.20. The number of hydrogen-bond donors (Lipinski definition) is 0. The first-order chi connectivity index (χ1) is 28.1. The van der Waals surface area contributed by atoms with Crippen LogP contribution in [0.15, 0.2) is 133 Å². The van der Waals surface area contributed by atoms with E-state index in [0.717, 1.165) is 0 Å². The Balaban J connectivity index is 1.49. The standard InChI is InChI=1S/C60H64/c1-37-34-49-53-50(35-37)60(45-30-22-41(23-31-45)57(9,10)11,46-32-24-42(25-33-46)58(12,13)14)51-36-38(2)47-16-15-17-48(52(47)54(51)53)59(49,43-26-18-39(19-27-43)55(3,4)5)44-28-20-40(21-29-44)56(6,7)8/h15-36H,1-14H3. The Morgan fingerprint density at radius 2 is 0.650 bits per heavy atom. The molecule has 0 heterocycles. The van der Waals surface area contributed by atoms with Gasteiger partial charge in [-0.05, 0) is 130 Å². The zero-order valence-electron chi connectivity index (χ0n) is 38.7. The van der Waals surface area contributed by atoms with Crippen LogP contribution in [-0.2, 0) is 32.5 Å². The first kappa shape index (κ1) is 40.2. The number of benzene rings is 7. The van der Waals surface area contributed by atoms with Gasteiger partial charge >= 0.3 is 0 Å². The van der Waals surface area contributed by atoms with Crippen molar-refractivity contribution in [1.82, 2.24) is 0 Å². The highest BCUT2D eigenvalue weighted by atomic mass is 14.6.